The van der Waals surface area contributed by atoms with E-state index >= 15 is 0 Å². The number of methoxy groups -OCH3 is 1. The number of benzene rings is 1. The van der Waals surface area contributed by atoms with Crippen molar-refractivity contribution in [3.8, 4) is 0 Å². The Balaban J connectivity index is 2.04. The van der Waals surface area contributed by atoms with Crippen LogP contribution in [0.2, 0.25) is 0 Å². The summed E-state index contributed by atoms with van der Waals surface area (Å²) in [5.41, 5.74) is 0.0851. The number of nitrogens with one attached hydrogen (secondary N) is 1. The van der Waals surface area contributed by atoms with Crippen LogP contribution in [0.25, 0.3) is 0 Å². The highest BCUT2D eigenvalue weighted by Gasteiger charge is 2.32. The van der Waals surface area contributed by atoms with Crippen LogP contribution < -0.4 is 5.32 Å². The highest BCUT2D eigenvalue weighted by molar-refractivity contribution is 7.89. The van der Waals surface area contributed by atoms with E-state index in [2.05, 4.69) is 5.32 Å². The van der Waals surface area contributed by atoms with Crippen molar-refractivity contribution in [2.24, 2.45) is 11.8 Å². The third-order valence-electron chi connectivity index (χ3n) is 4.70. The van der Waals surface area contributed by atoms with Gasteiger partial charge >= 0.3 is 5.97 Å². The standard InChI is InChI=1S/C20H30N2O6S/c1-14-8-15(2)11-22(10-14)29(25,26)18-7-5-6-17(9-18)20(24)28-13-19(23)21-16(3)12-27-4/h5-7,9,14-16H,8,10-13H2,1-4H3,(H,21,23). The van der Waals surface area contributed by atoms with Gasteiger partial charge in [0.1, 0.15) is 0 Å². The van der Waals surface area contributed by atoms with Crippen molar-refractivity contribution in [2.75, 3.05) is 33.4 Å². The number of piperidine rings is 1. The first-order valence-electron chi connectivity index (χ1n) is 9.69. The number of amides is 1. The minimum atomic E-state index is -3.71. The maximum Gasteiger partial charge on any atom is 0.338 e. The summed E-state index contributed by atoms with van der Waals surface area (Å²) in [5.74, 6) is -0.652. The van der Waals surface area contributed by atoms with Crippen LogP contribution in [0.1, 0.15) is 37.6 Å². The van der Waals surface area contributed by atoms with Gasteiger partial charge in [0.05, 0.1) is 17.1 Å². The van der Waals surface area contributed by atoms with E-state index in [1.807, 2.05) is 13.8 Å². The van der Waals surface area contributed by atoms with Crippen molar-refractivity contribution in [1.29, 1.82) is 0 Å². The highest BCUT2D eigenvalue weighted by Crippen LogP contribution is 2.27. The first kappa shape index (κ1) is 23.3. The topological polar surface area (TPSA) is 102 Å². The summed E-state index contributed by atoms with van der Waals surface area (Å²) >= 11 is 0. The van der Waals surface area contributed by atoms with Gasteiger partial charge in [-0.15, -0.1) is 0 Å². The Morgan fingerprint density at radius 1 is 1.24 bits per heavy atom. The molecular weight excluding hydrogens is 396 g/mol. The lowest BCUT2D eigenvalue weighted by Crippen LogP contribution is -2.42. The van der Waals surface area contributed by atoms with Gasteiger partial charge in [-0.3, -0.25) is 4.79 Å². The summed E-state index contributed by atoms with van der Waals surface area (Å²) in [5, 5.41) is 2.63. The number of hydrogen-bond donors (Lipinski definition) is 1. The molecule has 0 bridgehead atoms. The van der Waals surface area contributed by atoms with Crippen LogP contribution >= 0.6 is 0 Å². The number of carbonyl (C=O) groups is 2. The molecule has 1 saturated heterocycles. The maximum atomic E-state index is 13.0. The molecule has 1 aliphatic rings. The quantitative estimate of drug-likeness (QED) is 0.635. The van der Waals surface area contributed by atoms with Gasteiger partial charge in [-0.2, -0.15) is 4.31 Å². The Morgan fingerprint density at radius 2 is 1.90 bits per heavy atom. The van der Waals surface area contributed by atoms with Gasteiger partial charge in [0, 0.05) is 26.2 Å². The number of nitrogens with zero attached hydrogens (tertiary/aromatic N) is 1. The second kappa shape index (κ2) is 10.2. The van der Waals surface area contributed by atoms with E-state index in [-0.39, 0.29) is 28.3 Å². The van der Waals surface area contributed by atoms with Gasteiger partial charge in [-0.05, 0) is 43.4 Å². The lowest BCUT2D eigenvalue weighted by atomic mass is 9.94. The van der Waals surface area contributed by atoms with Crippen LogP contribution in [0.5, 0.6) is 0 Å². The zero-order valence-corrected chi connectivity index (χ0v) is 18.2. The van der Waals surface area contributed by atoms with Gasteiger partial charge in [0.25, 0.3) is 5.91 Å². The highest BCUT2D eigenvalue weighted by atomic mass is 32.2. The van der Waals surface area contributed by atoms with Crippen molar-refractivity contribution in [3.63, 3.8) is 0 Å². The molecule has 1 N–H and O–H groups in total. The number of esters is 1. The predicted molar refractivity (Wildman–Crippen MR) is 108 cm³/mol. The molecule has 0 spiro atoms. The van der Waals surface area contributed by atoms with Gasteiger partial charge in [0.15, 0.2) is 6.61 Å². The van der Waals surface area contributed by atoms with E-state index in [1.54, 1.807) is 6.92 Å². The van der Waals surface area contributed by atoms with E-state index in [0.717, 1.165) is 6.42 Å². The van der Waals surface area contributed by atoms with E-state index in [1.165, 1.54) is 35.7 Å². The molecule has 9 heteroatoms. The van der Waals surface area contributed by atoms with Crippen molar-refractivity contribution in [3.05, 3.63) is 29.8 Å². The monoisotopic (exact) mass is 426 g/mol. The number of sulfonamides is 1. The molecule has 2 rings (SSSR count). The Bertz CT molecular complexity index is 816. The molecule has 0 aromatic heterocycles. The number of ether oxygens (including phenoxy) is 2. The average molecular weight is 427 g/mol. The molecule has 0 aliphatic carbocycles. The van der Waals surface area contributed by atoms with Crippen LogP contribution in [0.4, 0.5) is 0 Å². The lowest BCUT2D eigenvalue weighted by Gasteiger charge is -2.34. The fourth-order valence-corrected chi connectivity index (χ4v) is 5.28. The molecule has 0 radical (unpaired) electrons. The molecule has 1 aromatic carbocycles. The molecule has 0 saturated carbocycles. The molecule has 29 heavy (non-hydrogen) atoms. The second-order valence-electron chi connectivity index (χ2n) is 7.80. The summed E-state index contributed by atoms with van der Waals surface area (Å²) < 4.78 is 37.4. The molecule has 1 amide bonds. The second-order valence-corrected chi connectivity index (χ2v) is 9.73. The first-order chi connectivity index (χ1) is 13.6. The van der Waals surface area contributed by atoms with Crippen LogP contribution in [0.3, 0.4) is 0 Å². The molecule has 162 valence electrons. The molecule has 1 heterocycles. The summed E-state index contributed by atoms with van der Waals surface area (Å²) in [6.07, 6.45) is 0.990. The summed E-state index contributed by atoms with van der Waals surface area (Å²) in [7, 11) is -2.18. The fraction of sp³-hybridized carbons (Fsp3) is 0.600. The lowest BCUT2D eigenvalue weighted by molar-refractivity contribution is -0.125. The normalized spacial score (nSPS) is 21.4. The maximum absolute atomic E-state index is 13.0. The van der Waals surface area contributed by atoms with Crippen LogP contribution in [0, 0.1) is 11.8 Å². The molecule has 8 nitrogen and oxygen atoms in total. The Morgan fingerprint density at radius 3 is 2.52 bits per heavy atom. The predicted octanol–water partition coefficient (Wildman–Crippen LogP) is 1.66. The summed E-state index contributed by atoms with van der Waals surface area (Å²) in [6, 6.07) is 5.52. The molecule has 3 unspecified atom stereocenters. The minimum Gasteiger partial charge on any atom is -0.452 e. The Kier molecular flexibility index (Phi) is 8.18. The van der Waals surface area contributed by atoms with Gasteiger partial charge in [-0.1, -0.05) is 19.9 Å². The minimum absolute atomic E-state index is 0.0476. The van der Waals surface area contributed by atoms with Crippen LogP contribution in [0.15, 0.2) is 29.2 Å². The Hall–Kier alpha value is -1.97. The third-order valence-corrected chi connectivity index (χ3v) is 6.53. The zero-order chi connectivity index (χ0) is 21.6. The number of hydrogen-bond acceptors (Lipinski definition) is 6. The van der Waals surface area contributed by atoms with E-state index in [0.29, 0.717) is 19.7 Å². The van der Waals surface area contributed by atoms with Gasteiger partial charge < -0.3 is 14.8 Å². The van der Waals surface area contributed by atoms with Gasteiger partial charge in [-0.25, -0.2) is 13.2 Å². The number of rotatable bonds is 8. The molecule has 1 aromatic rings. The SMILES string of the molecule is COCC(C)NC(=O)COC(=O)c1cccc(S(=O)(=O)N2CC(C)CC(C)C2)c1. The summed E-state index contributed by atoms with van der Waals surface area (Å²) in [4.78, 5) is 24.1. The van der Waals surface area contributed by atoms with Crippen LogP contribution in [-0.2, 0) is 24.3 Å². The summed E-state index contributed by atoms with van der Waals surface area (Å²) in [6.45, 7) is 6.63. The van der Waals surface area contributed by atoms with Crippen molar-refractivity contribution < 1.29 is 27.5 Å². The van der Waals surface area contributed by atoms with Crippen molar-refractivity contribution in [2.45, 2.75) is 38.1 Å². The average Bonchev–Trinajstić information content (AvgIpc) is 2.65. The van der Waals surface area contributed by atoms with E-state index in [4.69, 9.17) is 9.47 Å². The smallest absolute Gasteiger partial charge is 0.338 e. The molecular formula is C20H30N2O6S. The Labute approximate surface area is 172 Å². The largest absolute Gasteiger partial charge is 0.452 e. The third kappa shape index (κ3) is 6.52. The number of carbonyl (C=O) groups excluding carboxylic acids is 2. The van der Waals surface area contributed by atoms with E-state index in [9.17, 15) is 18.0 Å². The van der Waals surface area contributed by atoms with Crippen LogP contribution in [-0.4, -0.2) is 64.1 Å². The molecule has 1 aliphatic heterocycles. The van der Waals surface area contributed by atoms with Crippen molar-refractivity contribution >= 4 is 21.9 Å². The zero-order valence-electron chi connectivity index (χ0n) is 17.4. The first-order valence-corrected chi connectivity index (χ1v) is 11.1. The van der Waals surface area contributed by atoms with Gasteiger partial charge in [0.2, 0.25) is 10.0 Å². The fourth-order valence-electron chi connectivity index (χ4n) is 3.56. The molecule has 3 atom stereocenters. The van der Waals surface area contributed by atoms with E-state index < -0.39 is 28.5 Å². The van der Waals surface area contributed by atoms with Crippen molar-refractivity contribution in [1.82, 2.24) is 9.62 Å². The molecule has 1 fully saturated rings.